The number of hydrogen-bond acceptors (Lipinski definition) is 5. The second kappa shape index (κ2) is 8.69. The van der Waals surface area contributed by atoms with Crippen LogP contribution in [0.1, 0.15) is 30.6 Å². The third-order valence-electron chi connectivity index (χ3n) is 5.09. The molecule has 31 heavy (non-hydrogen) atoms. The van der Waals surface area contributed by atoms with Gasteiger partial charge >= 0.3 is 0 Å². The Bertz CT molecular complexity index is 1120. The average Bonchev–Trinajstić information content (AvgIpc) is 3.30. The van der Waals surface area contributed by atoms with Gasteiger partial charge in [-0.05, 0) is 48.7 Å². The molecule has 1 fully saturated rings. The van der Waals surface area contributed by atoms with E-state index in [1.165, 1.54) is 18.3 Å². The summed E-state index contributed by atoms with van der Waals surface area (Å²) in [6.45, 7) is 3.52. The van der Waals surface area contributed by atoms with Gasteiger partial charge in [-0.1, -0.05) is 19.1 Å². The number of carbonyl (C=O) groups is 3. The van der Waals surface area contributed by atoms with Gasteiger partial charge in [-0.2, -0.15) is 0 Å². The van der Waals surface area contributed by atoms with Crippen molar-refractivity contribution in [2.75, 3.05) is 16.0 Å². The quantitative estimate of drug-likeness (QED) is 0.527. The molecule has 7 nitrogen and oxygen atoms in total. The highest BCUT2D eigenvalue weighted by molar-refractivity contribution is 7.14. The monoisotopic (exact) mass is 434 g/mol. The molecule has 1 heterocycles. The minimum atomic E-state index is -0.268. The number of carbonyl (C=O) groups excluding carboxylic acids is 3. The van der Waals surface area contributed by atoms with E-state index in [0.29, 0.717) is 28.0 Å². The maximum Gasteiger partial charge on any atom is 0.257 e. The first-order valence-corrected chi connectivity index (χ1v) is 10.8. The minimum absolute atomic E-state index is 0.0325. The van der Waals surface area contributed by atoms with Crippen molar-refractivity contribution in [1.29, 1.82) is 0 Å². The lowest BCUT2D eigenvalue weighted by Gasteiger charge is -2.06. The summed E-state index contributed by atoms with van der Waals surface area (Å²) in [5, 5.41) is 10.8. The van der Waals surface area contributed by atoms with Crippen LogP contribution < -0.4 is 16.0 Å². The smallest absolute Gasteiger partial charge is 0.257 e. The van der Waals surface area contributed by atoms with E-state index in [1.54, 1.807) is 36.4 Å². The van der Waals surface area contributed by atoms with Crippen LogP contribution >= 0.6 is 11.3 Å². The first-order valence-electron chi connectivity index (χ1n) is 9.95. The van der Waals surface area contributed by atoms with Crippen LogP contribution in [-0.4, -0.2) is 22.7 Å². The second-order valence-corrected chi connectivity index (χ2v) is 8.49. The number of thiazole rings is 1. The predicted octanol–water partition coefficient (Wildman–Crippen LogP) is 4.62. The maximum atomic E-state index is 12.5. The van der Waals surface area contributed by atoms with Crippen molar-refractivity contribution in [2.24, 2.45) is 11.8 Å². The molecule has 0 aliphatic heterocycles. The lowest BCUT2D eigenvalue weighted by atomic mass is 10.1. The summed E-state index contributed by atoms with van der Waals surface area (Å²) in [5.74, 6) is 0.187. The molecule has 1 aliphatic carbocycles. The summed E-state index contributed by atoms with van der Waals surface area (Å²) in [5.41, 5.74) is 3.50. The van der Waals surface area contributed by atoms with Crippen LogP contribution in [-0.2, 0) is 9.59 Å². The predicted molar refractivity (Wildman–Crippen MR) is 122 cm³/mol. The van der Waals surface area contributed by atoms with Gasteiger partial charge in [0.2, 0.25) is 11.8 Å². The Hall–Kier alpha value is -3.52. The summed E-state index contributed by atoms with van der Waals surface area (Å²) in [7, 11) is 0. The van der Waals surface area contributed by atoms with Crippen molar-refractivity contribution in [3.63, 3.8) is 0 Å². The number of nitrogens with one attached hydrogen (secondary N) is 3. The fourth-order valence-electron chi connectivity index (χ4n) is 3.19. The largest absolute Gasteiger partial charge is 0.326 e. The van der Waals surface area contributed by atoms with Crippen molar-refractivity contribution in [2.45, 2.75) is 20.3 Å². The molecule has 3 aromatic rings. The Balaban J connectivity index is 1.36. The molecule has 3 amide bonds. The molecule has 8 heteroatoms. The number of nitrogens with zero attached hydrogens (tertiary/aromatic N) is 1. The van der Waals surface area contributed by atoms with E-state index in [1.807, 2.05) is 17.5 Å². The zero-order valence-electron chi connectivity index (χ0n) is 17.1. The molecule has 4 rings (SSSR count). The van der Waals surface area contributed by atoms with E-state index in [0.717, 1.165) is 17.7 Å². The fraction of sp³-hybridized carbons (Fsp3) is 0.217. The number of benzene rings is 2. The van der Waals surface area contributed by atoms with Gasteiger partial charge in [0, 0.05) is 40.7 Å². The fourth-order valence-corrected chi connectivity index (χ4v) is 3.90. The van der Waals surface area contributed by atoms with Gasteiger partial charge in [0.05, 0.1) is 5.69 Å². The van der Waals surface area contributed by atoms with Gasteiger partial charge in [-0.15, -0.1) is 11.3 Å². The van der Waals surface area contributed by atoms with E-state index >= 15 is 0 Å². The summed E-state index contributed by atoms with van der Waals surface area (Å²) < 4.78 is 0. The lowest BCUT2D eigenvalue weighted by molar-refractivity contribution is -0.117. The summed E-state index contributed by atoms with van der Waals surface area (Å²) >= 11 is 1.33. The minimum Gasteiger partial charge on any atom is -0.326 e. The highest BCUT2D eigenvalue weighted by atomic mass is 32.1. The van der Waals surface area contributed by atoms with Crippen LogP contribution in [0, 0.1) is 11.8 Å². The molecule has 0 saturated heterocycles. The average molecular weight is 435 g/mol. The first kappa shape index (κ1) is 20.7. The Morgan fingerprint density at radius 1 is 0.935 bits per heavy atom. The normalized spacial score (nSPS) is 17.0. The highest BCUT2D eigenvalue weighted by Gasteiger charge is 2.39. The van der Waals surface area contributed by atoms with E-state index < -0.39 is 0 Å². The molecule has 1 aromatic heterocycles. The summed E-state index contributed by atoms with van der Waals surface area (Å²) in [6.07, 6.45) is 0.932. The second-order valence-electron chi connectivity index (χ2n) is 7.64. The van der Waals surface area contributed by atoms with E-state index in [9.17, 15) is 14.4 Å². The van der Waals surface area contributed by atoms with E-state index in [4.69, 9.17) is 0 Å². The SMILES string of the molecule is CC(=O)Nc1ccc(-c2csc(NC(=O)c3ccc(NC(=O)C4CC4C)cc3)n2)cc1. The summed E-state index contributed by atoms with van der Waals surface area (Å²) in [4.78, 5) is 40.1. The van der Waals surface area contributed by atoms with Crippen LogP contribution in [0.2, 0.25) is 0 Å². The van der Waals surface area contributed by atoms with Crippen molar-refractivity contribution in [1.82, 2.24) is 4.98 Å². The molecule has 3 N–H and O–H groups in total. The molecule has 1 aliphatic rings. The van der Waals surface area contributed by atoms with Gasteiger partial charge in [-0.3, -0.25) is 19.7 Å². The molecular weight excluding hydrogens is 412 g/mol. The topological polar surface area (TPSA) is 100 Å². The number of anilines is 3. The Morgan fingerprint density at radius 2 is 1.55 bits per heavy atom. The molecule has 2 unspecified atom stereocenters. The number of amides is 3. The van der Waals surface area contributed by atoms with Crippen molar-refractivity contribution >= 4 is 45.6 Å². The number of rotatable bonds is 6. The molecule has 0 bridgehead atoms. The molecule has 0 spiro atoms. The molecule has 2 atom stereocenters. The maximum absolute atomic E-state index is 12.5. The van der Waals surface area contributed by atoms with Crippen LogP contribution in [0.25, 0.3) is 11.3 Å². The zero-order chi connectivity index (χ0) is 22.0. The van der Waals surface area contributed by atoms with Crippen molar-refractivity contribution in [3.8, 4) is 11.3 Å². The highest BCUT2D eigenvalue weighted by Crippen LogP contribution is 2.38. The molecule has 2 aromatic carbocycles. The Labute approximate surface area is 183 Å². The van der Waals surface area contributed by atoms with Crippen molar-refractivity contribution in [3.05, 3.63) is 59.5 Å². The van der Waals surface area contributed by atoms with E-state index in [2.05, 4.69) is 27.9 Å². The lowest BCUT2D eigenvalue weighted by Crippen LogP contribution is -2.15. The number of aromatic nitrogens is 1. The third kappa shape index (κ3) is 5.16. The van der Waals surface area contributed by atoms with Crippen LogP contribution in [0.4, 0.5) is 16.5 Å². The van der Waals surface area contributed by atoms with Gasteiger partial charge in [0.1, 0.15) is 0 Å². The van der Waals surface area contributed by atoms with Crippen LogP contribution in [0.3, 0.4) is 0 Å². The number of hydrogen-bond donors (Lipinski definition) is 3. The Kier molecular flexibility index (Phi) is 5.81. The third-order valence-corrected chi connectivity index (χ3v) is 5.84. The Morgan fingerprint density at radius 3 is 2.16 bits per heavy atom. The summed E-state index contributed by atoms with van der Waals surface area (Å²) in [6, 6.07) is 14.1. The molecule has 158 valence electrons. The van der Waals surface area contributed by atoms with E-state index in [-0.39, 0.29) is 23.6 Å². The van der Waals surface area contributed by atoms with Gasteiger partial charge in [0.25, 0.3) is 5.91 Å². The van der Waals surface area contributed by atoms with Crippen LogP contribution in [0.15, 0.2) is 53.9 Å². The zero-order valence-corrected chi connectivity index (χ0v) is 18.0. The van der Waals surface area contributed by atoms with Crippen molar-refractivity contribution < 1.29 is 14.4 Å². The van der Waals surface area contributed by atoms with Gasteiger partial charge < -0.3 is 10.6 Å². The van der Waals surface area contributed by atoms with Crippen LogP contribution in [0.5, 0.6) is 0 Å². The standard InChI is InChI=1S/C23H22N4O3S/c1-13-11-19(13)22(30)25-18-9-5-16(6-10-18)21(29)27-23-26-20(12-31-23)15-3-7-17(8-4-15)24-14(2)28/h3-10,12-13,19H,11H2,1-2H3,(H,24,28)(H,25,30)(H,26,27,29). The molecule has 0 radical (unpaired) electrons. The molecular formula is C23H22N4O3S. The first-order chi connectivity index (χ1) is 14.9. The molecule has 1 saturated carbocycles. The van der Waals surface area contributed by atoms with Gasteiger partial charge in [0.15, 0.2) is 5.13 Å². The van der Waals surface area contributed by atoms with Gasteiger partial charge in [-0.25, -0.2) is 4.98 Å².